The van der Waals surface area contributed by atoms with Crippen LogP contribution < -0.4 is 10.6 Å². The van der Waals surface area contributed by atoms with Gasteiger partial charge in [-0.15, -0.1) is 0 Å². The smallest absolute Gasteiger partial charge is 0.238 e. The van der Waals surface area contributed by atoms with Crippen molar-refractivity contribution in [2.75, 3.05) is 11.9 Å². The molecule has 1 heterocycles. The average molecular weight is 390 g/mol. The van der Waals surface area contributed by atoms with Crippen molar-refractivity contribution < 1.29 is 4.79 Å². The number of hydrogen-bond donors (Lipinski definition) is 2. The molecule has 0 fully saturated rings. The van der Waals surface area contributed by atoms with E-state index in [0.717, 1.165) is 5.56 Å². The molecule has 0 aliphatic heterocycles. The van der Waals surface area contributed by atoms with Crippen LogP contribution in [-0.2, 0) is 4.79 Å². The van der Waals surface area contributed by atoms with E-state index in [1.807, 2.05) is 31.2 Å². The normalized spacial score (nSPS) is 12.0. The van der Waals surface area contributed by atoms with E-state index in [2.05, 4.69) is 20.7 Å². The molecule has 0 aliphatic carbocycles. The zero-order valence-corrected chi connectivity index (χ0v) is 15.5. The molecule has 0 saturated carbocycles. The van der Waals surface area contributed by atoms with Gasteiger partial charge in [0, 0.05) is 16.1 Å². The summed E-state index contributed by atoms with van der Waals surface area (Å²) in [5.74, 6) is -0.201. The number of carbonyl (C=O) groups is 1. The second-order valence-electron chi connectivity index (χ2n) is 5.67. The molecule has 3 aromatic rings. The summed E-state index contributed by atoms with van der Waals surface area (Å²) in [6.45, 7) is 2.07. The summed E-state index contributed by atoms with van der Waals surface area (Å²) in [6.07, 6.45) is 2.98. The van der Waals surface area contributed by atoms with E-state index >= 15 is 0 Å². The Hall–Kier alpha value is -2.41. The first kappa shape index (κ1) is 18.4. The number of amides is 1. The first-order valence-corrected chi connectivity index (χ1v) is 8.72. The van der Waals surface area contributed by atoms with Gasteiger partial charge in [-0.2, -0.15) is 5.10 Å². The van der Waals surface area contributed by atoms with E-state index in [9.17, 15) is 4.79 Å². The Morgan fingerprint density at radius 1 is 1.23 bits per heavy atom. The van der Waals surface area contributed by atoms with Crippen LogP contribution in [0.5, 0.6) is 0 Å². The van der Waals surface area contributed by atoms with Crippen molar-refractivity contribution >= 4 is 34.8 Å². The minimum absolute atomic E-state index is 0.0661. The van der Waals surface area contributed by atoms with Gasteiger partial charge >= 0.3 is 0 Å². The molecule has 1 aromatic heterocycles. The maximum Gasteiger partial charge on any atom is 0.238 e. The standard InChI is InChI=1S/C18H17Cl2N5O/c1-12(14-4-2-3-5-15(14)20)22-9-18(26)24-16-8-13(19)6-7-17(16)25-11-21-10-23-25/h2-8,10-12,22H,9H2,1H3,(H,24,26). The quantitative estimate of drug-likeness (QED) is 0.671. The minimum atomic E-state index is -0.201. The summed E-state index contributed by atoms with van der Waals surface area (Å²) in [7, 11) is 0. The van der Waals surface area contributed by atoms with Gasteiger partial charge in [0.1, 0.15) is 12.7 Å². The van der Waals surface area contributed by atoms with Crippen LogP contribution in [0.15, 0.2) is 55.1 Å². The monoisotopic (exact) mass is 389 g/mol. The molecule has 0 aliphatic rings. The van der Waals surface area contributed by atoms with E-state index in [1.54, 1.807) is 29.2 Å². The molecule has 8 heteroatoms. The van der Waals surface area contributed by atoms with E-state index < -0.39 is 0 Å². The van der Waals surface area contributed by atoms with Crippen molar-refractivity contribution in [3.63, 3.8) is 0 Å². The van der Waals surface area contributed by atoms with Gasteiger partial charge in [0.2, 0.25) is 5.91 Å². The Balaban J connectivity index is 1.67. The van der Waals surface area contributed by atoms with Gasteiger partial charge in [-0.05, 0) is 36.8 Å². The Kier molecular flexibility index (Phi) is 5.88. The van der Waals surface area contributed by atoms with Crippen LogP contribution in [-0.4, -0.2) is 27.2 Å². The number of rotatable bonds is 6. The summed E-state index contributed by atoms with van der Waals surface area (Å²) in [4.78, 5) is 16.3. The fourth-order valence-corrected chi connectivity index (χ4v) is 2.99. The number of hydrogen-bond acceptors (Lipinski definition) is 4. The molecule has 0 bridgehead atoms. The molecular weight excluding hydrogens is 373 g/mol. The number of benzene rings is 2. The summed E-state index contributed by atoms with van der Waals surface area (Å²) in [5, 5.41) is 11.3. The predicted octanol–water partition coefficient (Wildman–Crippen LogP) is 3.86. The molecular formula is C18H17Cl2N5O. The third kappa shape index (κ3) is 4.40. The maximum absolute atomic E-state index is 12.4. The molecule has 0 saturated heterocycles. The molecule has 0 spiro atoms. The van der Waals surface area contributed by atoms with Crippen LogP contribution in [0, 0.1) is 0 Å². The molecule has 1 atom stereocenters. The SMILES string of the molecule is CC(NCC(=O)Nc1cc(Cl)ccc1-n1cncn1)c1ccccc1Cl. The first-order chi connectivity index (χ1) is 12.5. The molecule has 1 amide bonds. The number of nitrogens with one attached hydrogen (secondary N) is 2. The van der Waals surface area contributed by atoms with Crippen molar-refractivity contribution in [2.45, 2.75) is 13.0 Å². The van der Waals surface area contributed by atoms with Crippen LogP contribution in [0.1, 0.15) is 18.5 Å². The van der Waals surface area contributed by atoms with Crippen LogP contribution >= 0.6 is 23.2 Å². The van der Waals surface area contributed by atoms with Gasteiger partial charge in [0.05, 0.1) is 17.9 Å². The molecule has 1 unspecified atom stereocenters. The maximum atomic E-state index is 12.4. The second-order valence-corrected chi connectivity index (χ2v) is 6.52. The number of nitrogens with zero attached hydrogens (tertiary/aromatic N) is 3. The first-order valence-electron chi connectivity index (χ1n) is 7.97. The van der Waals surface area contributed by atoms with Crippen LogP contribution in [0.2, 0.25) is 10.0 Å². The van der Waals surface area contributed by atoms with Crippen molar-refractivity contribution in [1.82, 2.24) is 20.1 Å². The fourth-order valence-electron chi connectivity index (χ4n) is 2.52. The van der Waals surface area contributed by atoms with Crippen molar-refractivity contribution in [3.05, 3.63) is 70.7 Å². The van der Waals surface area contributed by atoms with Gasteiger partial charge in [0.15, 0.2) is 0 Å². The lowest BCUT2D eigenvalue weighted by atomic mass is 10.1. The zero-order chi connectivity index (χ0) is 18.5. The Morgan fingerprint density at radius 3 is 2.77 bits per heavy atom. The molecule has 2 aromatic carbocycles. The molecule has 0 radical (unpaired) electrons. The lowest BCUT2D eigenvalue weighted by molar-refractivity contribution is -0.115. The van der Waals surface area contributed by atoms with Crippen LogP contribution in [0.3, 0.4) is 0 Å². The van der Waals surface area contributed by atoms with E-state index in [-0.39, 0.29) is 18.5 Å². The van der Waals surface area contributed by atoms with Crippen molar-refractivity contribution in [1.29, 1.82) is 0 Å². The summed E-state index contributed by atoms with van der Waals surface area (Å²) in [5.41, 5.74) is 2.17. The van der Waals surface area contributed by atoms with E-state index in [1.165, 1.54) is 6.33 Å². The molecule has 3 rings (SSSR count). The van der Waals surface area contributed by atoms with Gasteiger partial charge in [-0.3, -0.25) is 4.79 Å². The van der Waals surface area contributed by atoms with Gasteiger partial charge in [-0.25, -0.2) is 9.67 Å². The molecule has 26 heavy (non-hydrogen) atoms. The Labute approximate surface area is 161 Å². The second kappa shape index (κ2) is 8.31. The Bertz CT molecular complexity index is 898. The predicted molar refractivity (Wildman–Crippen MR) is 103 cm³/mol. The lowest BCUT2D eigenvalue weighted by Crippen LogP contribution is -2.30. The summed E-state index contributed by atoms with van der Waals surface area (Å²) >= 11 is 12.2. The number of carbonyl (C=O) groups excluding carboxylic acids is 1. The zero-order valence-electron chi connectivity index (χ0n) is 14.0. The van der Waals surface area contributed by atoms with Gasteiger partial charge < -0.3 is 10.6 Å². The summed E-state index contributed by atoms with van der Waals surface area (Å²) < 4.78 is 1.56. The van der Waals surface area contributed by atoms with Crippen LogP contribution in [0.25, 0.3) is 5.69 Å². The number of aromatic nitrogens is 3. The highest BCUT2D eigenvalue weighted by Crippen LogP contribution is 2.24. The van der Waals surface area contributed by atoms with E-state index in [0.29, 0.717) is 21.4 Å². The number of anilines is 1. The highest BCUT2D eigenvalue weighted by atomic mass is 35.5. The lowest BCUT2D eigenvalue weighted by Gasteiger charge is -2.16. The highest BCUT2D eigenvalue weighted by Gasteiger charge is 2.13. The number of halogens is 2. The third-order valence-electron chi connectivity index (χ3n) is 3.84. The van der Waals surface area contributed by atoms with E-state index in [4.69, 9.17) is 23.2 Å². The Morgan fingerprint density at radius 2 is 2.04 bits per heavy atom. The minimum Gasteiger partial charge on any atom is -0.323 e. The van der Waals surface area contributed by atoms with Gasteiger partial charge in [0.25, 0.3) is 0 Å². The summed E-state index contributed by atoms with van der Waals surface area (Å²) in [6, 6.07) is 12.6. The molecule has 2 N–H and O–H groups in total. The molecule has 6 nitrogen and oxygen atoms in total. The highest BCUT2D eigenvalue weighted by molar-refractivity contribution is 6.31. The van der Waals surface area contributed by atoms with Crippen molar-refractivity contribution in [2.24, 2.45) is 0 Å². The van der Waals surface area contributed by atoms with Crippen LogP contribution in [0.4, 0.5) is 5.69 Å². The van der Waals surface area contributed by atoms with Crippen molar-refractivity contribution in [3.8, 4) is 5.69 Å². The van der Waals surface area contributed by atoms with Gasteiger partial charge in [-0.1, -0.05) is 41.4 Å². The fraction of sp³-hybridized carbons (Fsp3) is 0.167. The largest absolute Gasteiger partial charge is 0.323 e. The molecule has 134 valence electrons. The third-order valence-corrected chi connectivity index (χ3v) is 4.42. The topological polar surface area (TPSA) is 71.8 Å². The average Bonchev–Trinajstić information content (AvgIpc) is 3.14.